The van der Waals surface area contributed by atoms with Crippen LogP contribution in [0, 0.1) is 0 Å². The lowest BCUT2D eigenvalue weighted by Crippen LogP contribution is -2.20. The van der Waals surface area contributed by atoms with E-state index in [0.29, 0.717) is 0 Å². The summed E-state index contributed by atoms with van der Waals surface area (Å²) >= 11 is 0. The predicted molar refractivity (Wildman–Crippen MR) is 31.1 cm³/mol. The third-order valence-corrected chi connectivity index (χ3v) is 0.524. The normalized spacial score (nSPS) is 9.67. The number of hydrogen-bond acceptors (Lipinski definition) is 4. The standard InChI is InChI=1S/C4H7BO4/c1-2-3-4(6)9-5(7)8/h2-3,7-8H,1H3/b3-2+. The second-order valence-corrected chi connectivity index (χ2v) is 1.26. The Morgan fingerprint density at radius 3 is 2.56 bits per heavy atom. The van der Waals surface area contributed by atoms with Crippen LogP contribution >= 0.6 is 0 Å². The summed E-state index contributed by atoms with van der Waals surface area (Å²) in [5.74, 6) is -0.771. The van der Waals surface area contributed by atoms with Gasteiger partial charge in [-0.2, -0.15) is 0 Å². The van der Waals surface area contributed by atoms with E-state index < -0.39 is 13.3 Å². The molecule has 0 saturated heterocycles. The van der Waals surface area contributed by atoms with E-state index >= 15 is 0 Å². The van der Waals surface area contributed by atoms with Gasteiger partial charge in [-0.1, -0.05) is 6.08 Å². The topological polar surface area (TPSA) is 66.8 Å². The molecule has 2 N–H and O–H groups in total. The SMILES string of the molecule is C/C=C/C(=O)OB(O)O. The van der Waals surface area contributed by atoms with Crippen molar-refractivity contribution in [3.63, 3.8) is 0 Å². The molecule has 0 saturated carbocycles. The molecular formula is C4H7BO4. The molecule has 0 heterocycles. The Balaban J connectivity index is 3.51. The van der Waals surface area contributed by atoms with E-state index in [1.165, 1.54) is 6.08 Å². The summed E-state index contributed by atoms with van der Waals surface area (Å²) in [7, 11) is -2.02. The Kier molecular flexibility index (Phi) is 3.74. The molecule has 0 radical (unpaired) electrons. The van der Waals surface area contributed by atoms with E-state index in [4.69, 9.17) is 10.0 Å². The Hall–Kier alpha value is -0.805. The number of carbonyl (C=O) groups excluding carboxylic acids is 1. The van der Waals surface area contributed by atoms with Crippen LogP contribution in [0.2, 0.25) is 0 Å². The molecule has 0 rings (SSSR count). The monoisotopic (exact) mass is 130 g/mol. The molecule has 0 aromatic carbocycles. The molecule has 0 aromatic rings. The first kappa shape index (κ1) is 8.19. The fraction of sp³-hybridized carbons (Fsp3) is 0.250. The van der Waals surface area contributed by atoms with Gasteiger partial charge in [0.15, 0.2) is 0 Å². The Morgan fingerprint density at radius 1 is 1.67 bits per heavy atom. The Bertz CT molecular complexity index is 120. The largest absolute Gasteiger partial charge is 0.709 e. The molecule has 50 valence electrons. The van der Waals surface area contributed by atoms with Gasteiger partial charge in [-0.15, -0.1) is 0 Å². The second kappa shape index (κ2) is 4.11. The number of carbonyl (C=O) groups is 1. The number of hydrogen-bond donors (Lipinski definition) is 2. The molecule has 0 unspecified atom stereocenters. The zero-order chi connectivity index (χ0) is 7.28. The van der Waals surface area contributed by atoms with Crippen LogP contribution in [-0.2, 0) is 9.45 Å². The molecule has 0 aliphatic carbocycles. The zero-order valence-corrected chi connectivity index (χ0v) is 4.94. The average molecular weight is 130 g/mol. The maximum atomic E-state index is 10.2. The molecule has 4 nitrogen and oxygen atoms in total. The highest BCUT2D eigenvalue weighted by atomic mass is 16.6. The lowest BCUT2D eigenvalue weighted by Gasteiger charge is -1.95. The van der Waals surface area contributed by atoms with Gasteiger partial charge in [0, 0.05) is 6.08 Å². The summed E-state index contributed by atoms with van der Waals surface area (Å²) in [5.41, 5.74) is 0. The second-order valence-electron chi connectivity index (χ2n) is 1.26. The van der Waals surface area contributed by atoms with Crippen LogP contribution in [0.4, 0.5) is 0 Å². The molecule has 0 fully saturated rings. The van der Waals surface area contributed by atoms with Gasteiger partial charge in [0.2, 0.25) is 0 Å². The van der Waals surface area contributed by atoms with Gasteiger partial charge in [-0.25, -0.2) is 4.79 Å². The molecule has 0 atom stereocenters. The van der Waals surface area contributed by atoms with Gasteiger partial charge in [-0.05, 0) is 6.92 Å². The zero-order valence-electron chi connectivity index (χ0n) is 4.94. The van der Waals surface area contributed by atoms with Crippen molar-refractivity contribution < 1.29 is 19.5 Å². The van der Waals surface area contributed by atoms with Gasteiger partial charge in [-0.3, -0.25) is 0 Å². The lowest BCUT2D eigenvalue weighted by molar-refractivity contribution is -0.131. The van der Waals surface area contributed by atoms with Crippen LogP contribution in [0.3, 0.4) is 0 Å². The van der Waals surface area contributed by atoms with E-state index in [-0.39, 0.29) is 0 Å². The molecule has 0 bridgehead atoms. The highest BCUT2D eigenvalue weighted by Crippen LogP contribution is 1.80. The minimum absolute atomic E-state index is 0.771. The molecular weight excluding hydrogens is 123 g/mol. The van der Waals surface area contributed by atoms with E-state index in [9.17, 15) is 4.79 Å². The van der Waals surface area contributed by atoms with Crippen LogP contribution < -0.4 is 0 Å². The van der Waals surface area contributed by atoms with Gasteiger partial charge < -0.3 is 14.7 Å². The molecule has 9 heavy (non-hydrogen) atoms. The highest BCUT2D eigenvalue weighted by molar-refractivity contribution is 6.36. The third kappa shape index (κ3) is 5.06. The quantitative estimate of drug-likeness (QED) is 0.374. The van der Waals surface area contributed by atoms with E-state index in [2.05, 4.69) is 4.65 Å². The van der Waals surface area contributed by atoms with Gasteiger partial charge in [0.1, 0.15) is 0 Å². The van der Waals surface area contributed by atoms with Crippen molar-refractivity contribution in [1.82, 2.24) is 0 Å². The molecule has 0 amide bonds. The fourth-order valence-electron chi connectivity index (χ4n) is 0.279. The molecule has 5 heteroatoms. The molecule has 0 spiro atoms. The minimum Gasteiger partial charge on any atom is -0.482 e. The smallest absolute Gasteiger partial charge is 0.482 e. The summed E-state index contributed by atoms with van der Waals surface area (Å²) in [5, 5.41) is 16.1. The summed E-state index contributed by atoms with van der Waals surface area (Å²) < 4.78 is 3.88. The van der Waals surface area contributed by atoms with Gasteiger partial charge in [0.25, 0.3) is 0 Å². The van der Waals surface area contributed by atoms with Crippen molar-refractivity contribution in [3.8, 4) is 0 Å². The van der Waals surface area contributed by atoms with Crippen molar-refractivity contribution >= 4 is 13.3 Å². The molecule has 0 aliphatic heterocycles. The predicted octanol–water partition coefficient (Wildman–Crippen LogP) is -0.925. The lowest BCUT2D eigenvalue weighted by atomic mass is 10.3. The average Bonchev–Trinajstić information content (AvgIpc) is 1.63. The van der Waals surface area contributed by atoms with Crippen LogP contribution in [0.1, 0.15) is 6.92 Å². The van der Waals surface area contributed by atoms with Gasteiger partial charge in [0.05, 0.1) is 0 Å². The van der Waals surface area contributed by atoms with Crippen molar-refractivity contribution in [2.45, 2.75) is 6.92 Å². The van der Waals surface area contributed by atoms with E-state index in [0.717, 1.165) is 6.08 Å². The van der Waals surface area contributed by atoms with Crippen LogP contribution in [0.15, 0.2) is 12.2 Å². The number of rotatable bonds is 2. The van der Waals surface area contributed by atoms with Crippen molar-refractivity contribution in [2.24, 2.45) is 0 Å². The van der Waals surface area contributed by atoms with Crippen LogP contribution in [-0.4, -0.2) is 23.3 Å². The molecule has 0 aromatic heterocycles. The van der Waals surface area contributed by atoms with Crippen molar-refractivity contribution in [1.29, 1.82) is 0 Å². The molecule has 0 aliphatic rings. The third-order valence-electron chi connectivity index (χ3n) is 0.524. The Morgan fingerprint density at radius 2 is 2.22 bits per heavy atom. The summed E-state index contributed by atoms with van der Waals surface area (Å²) in [6.07, 6.45) is 2.52. The summed E-state index contributed by atoms with van der Waals surface area (Å²) in [4.78, 5) is 10.2. The maximum absolute atomic E-state index is 10.2. The first-order chi connectivity index (χ1) is 4.16. The first-order valence-corrected chi connectivity index (χ1v) is 2.36. The highest BCUT2D eigenvalue weighted by Gasteiger charge is 2.12. The minimum atomic E-state index is -2.02. The maximum Gasteiger partial charge on any atom is 0.709 e. The van der Waals surface area contributed by atoms with E-state index in [1.54, 1.807) is 6.92 Å². The first-order valence-electron chi connectivity index (χ1n) is 2.36. The van der Waals surface area contributed by atoms with E-state index in [1.807, 2.05) is 0 Å². The van der Waals surface area contributed by atoms with Crippen LogP contribution in [0.25, 0.3) is 0 Å². The fourth-order valence-corrected chi connectivity index (χ4v) is 0.279. The summed E-state index contributed by atoms with van der Waals surface area (Å²) in [6, 6.07) is 0. The number of allylic oxidation sites excluding steroid dienone is 1. The van der Waals surface area contributed by atoms with Gasteiger partial charge >= 0.3 is 13.3 Å². The van der Waals surface area contributed by atoms with Crippen molar-refractivity contribution in [2.75, 3.05) is 0 Å². The Labute approximate surface area is 52.9 Å². The summed E-state index contributed by atoms with van der Waals surface area (Å²) in [6.45, 7) is 1.62. The van der Waals surface area contributed by atoms with Crippen molar-refractivity contribution in [3.05, 3.63) is 12.2 Å². The van der Waals surface area contributed by atoms with Crippen LogP contribution in [0.5, 0.6) is 0 Å².